The maximum atomic E-state index is 11.3. The molecule has 1 aromatic rings. The van der Waals surface area contributed by atoms with Crippen molar-refractivity contribution in [3.05, 3.63) is 15.8 Å². The van der Waals surface area contributed by atoms with E-state index in [2.05, 4.69) is 10.4 Å². The Morgan fingerprint density at radius 1 is 1.60 bits per heavy atom. The topological polar surface area (TPSA) is 99.3 Å². The zero-order valence-corrected chi connectivity index (χ0v) is 12.2. The number of carbonyl (C=O) groups is 1. The van der Waals surface area contributed by atoms with Crippen LogP contribution in [-0.4, -0.2) is 33.8 Å². The molecule has 0 saturated carbocycles. The number of hydrogen-bond acceptors (Lipinski definition) is 6. The van der Waals surface area contributed by atoms with Gasteiger partial charge in [-0.25, -0.2) is 4.68 Å². The first-order valence-corrected chi connectivity index (χ1v) is 6.44. The number of aryl methyl sites for hydroxylation is 2. The monoisotopic (exact) mass is 284 g/mol. The van der Waals surface area contributed by atoms with E-state index in [9.17, 15) is 14.9 Å². The second-order valence-corrected chi connectivity index (χ2v) is 4.66. The summed E-state index contributed by atoms with van der Waals surface area (Å²) in [7, 11) is 1.64. The smallest absolute Gasteiger partial charge is 0.333 e. The van der Waals surface area contributed by atoms with E-state index in [1.807, 2.05) is 6.92 Å². The maximum absolute atomic E-state index is 11.3. The first-order chi connectivity index (χ1) is 9.36. The van der Waals surface area contributed by atoms with E-state index < -0.39 is 4.92 Å². The van der Waals surface area contributed by atoms with Crippen molar-refractivity contribution in [2.24, 2.45) is 13.0 Å². The van der Waals surface area contributed by atoms with Gasteiger partial charge in [0.1, 0.15) is 5.69 Å². The van der Waals surface area contributed by atoms with Crippen LogP contribution in [0.25, 0.3) is 0 Å². The highest BCUT2D eigenvalue weighted by Gasteiger charge is 2.24. The Bertz CT molecular complexity index is 498. The van der Waals surface area contributed by atoms with Crippen molar-refractivity contribution in [1.29, 1.82) is 0 Å². The Hall–Kier alpha value is -2.12. The Morgan fingerprint density at radius 2 is 2.25 bits per heavy atom. The summed E-state index contributed by atoms with van der Waals surface area (Å²) in [6.07, 6.45) is 0.269. The summed E-state index contributed by atoms with van der Waals surface area (Å²) in [6, 6.07) is 0. The standard InChI is InChI=1S/C12H20N4O4/c1-5-20-10(17)6-8(2)7-13-12-11(16(18)19)9(3)14-15(12)4/h8,13H,5-7H2,1-4H3/t8-/m1/s1. The molecule has 0 radical (unpaired) electrons. The molecule has 20 heavy (non-hydrogen) atoms. The lowest BCUT2D eigenvalue weighted by atomic mass is 10.1. The largest absolute Gasteiger partial charge is 0.466 e. The number of esters is 1. The summed E-state index contributed by atoms with van der Waals surface area (Å²) < 4.78 is 6.30. The van der Waals surface area contributed by atoms with E-state index in [1.165, 1.54) is 4.68 Å². The van der Waals surface area contributed by atoms with Crippen LogP contribution < -0.4 is 5.32 Å². The van der Waals surface area contributed by atoms with Gasteiger partial charge in [0.15, 0.2) is 0 Å². The molecule has 0 amide bonds. The quantitative estimate of drug-likeness (QED) is 0.464. The van der Waals surface area contributed by atoms with Crippen LogP contribution in [0.2, 0.25) is 0 Å². The van der Waals surface area contributed by atoms with Crippen molar-refractivity contribution in [3.63, 3.8) is 0 Å². The normalized spacial score (nSPS) is 12.0. The Kier molecular flexibility index (Phi) is 5.48. The molecule has 1 heterocycles. The highest BCUT2D eigenvalue weighted by molar-refractivity contribution is 5.69. The van der Waals surface area contributed by atoms with Crippen LogP contribution in [0.4, 0.5) is 11.5 Å². The summed E-state index contributed by atoms with van der Waals surface area (Å²) >= 11 is 0. The number of nitro groups is 1. The fourth-order valence-corrected chi connectivity index (χ4v) is 1.91. The summed E-state index contributed by atoms with van der Waals surface area (Å²) in [5, 5.41) is 18.0. The van der Waals surface area contributed by atoms with Crippen LogP contribution in [-0.2, 0) is 16.6 Å². The van der Waals surface area contributed by atoms with E-state index in [0.717, 1.165) is 0 Å². The van der Waals surface area contributed by atoms with Gasteiger partial charge in [-0.05, 0) is 19.8 Å². The molecule has 1 rings (SSSR count). The summed E-state index contributed by atoms with van der Waals surface area (Å²) in [5.41, 5.74) is 0.328. The predicted molar refractivity (Wildman–Crippen MR) is 73.5 cm³/mol. The Balaban J connectivity index is 2.66. The van der Waals surface area contributed by atoms with E-state index in [-0.39, 0.29) is 24.0 Å². The molecule has 8 nitrogen and oxygen atoms in total. The minimum Gasteiger partial charge on any atom is -0.466 e. The first kappa shape index (κ1) is 15.9. The third kappa shape index (κ3) is 3.94. The van der Waals surface area contributed by atoms with Crippen LogP contribution in [0.15, 0.2) is 0 Å². The third-order valence-electron chi connectivity index (χ3n) is 2.81. The van der Waals surface area contributed by atoms with E-state index in [1.54, 1.807) is 20.9 Å². The Morgan fingerprint density at radius 3 is 2.80 bits per heavy atom. The van der Waals surface area contributed by atoms with E-state index >= 15 is 0 Å². The molecule has 0 bridgehead atoms. The van der Waals surface area contributed by atoms with Gasteiger partial charge in [0.05, 0.1) is 11.5 Å². The van der Waals surface area contributed by atoms with Crippen molar-refractivity contribution in [2.75, 3.05) is 18.5 Å². The number of anilines is 1. The van der Waals surface area contributed by atoms with Crippen molar-refractivity contribution in [3.8, 4) is 0 Å². The van der Waals surface area contributed by atoms with Gasteiger partial charge in [0.25, 0.3) is 0 Å². The van der Waals surface area contributed by atoms with Crippen LogP contribution in [0.5, 0.6) is 0 Å². The number of aromatic nitrogens is 2. The molecule has 112 valence electrons. The third-order valence-corrected chi connectivity index (χ3v) is 2.81. The number of carbonyl (C=O) groups excluding carboxylic acids is 1. The molecule has 0 spiro atoms. The molecule has 0 aliphatic heterocycles. The SMILES string of the molecule is CCOC(=O)C[C@@H](C)CNc1c([N+](=O)[O-])c(C)nn1C. The average Bonchev–Trinajstić information content (AvgIpc) is 2.61. The number of ether oxygens (including phenoxy) is 1. The molecule has 0 aliphatic rings. The van der Waals surface area contributed by atoms with Crippen molar-refractivity contribution in [1.82, 2.24) is 9.78 Å². The second-order valence-electron chi connectivity index (χ2n) is 4.66. The van der Waals surface area contributed by atoms with Gasteiger partial charge in [0, 0.05) is 20.0 Å². The molecule has 0 unspecified atom stereocenters. The molecule has 0 aliphatic carbocycles. The lowest BCUT2D eigenvalue weighted by Crippen LogP contribution is -2.18. The highest BCUT2D eigenvalue weighted by Crippen LogP contribution is 2.27. The lowest BCUT2D eigenvalue weighted by Gasteiger charge is -2.12. The van der Waals surface area contributed by atoms with Crippen LogP contribution in [0.3, 0.4) is 0 Å². The summed E-state index contributed by atoms with van der Waals surface area (Å²) in [4.78, 5) is 21.9. The zero-order chi connectivity index (χ0) is 15.3. The van der Waals surface area contributed by atoms with Gasteiger partial charge in [-0.2, -0.15) is 5.10 Å². The molecule has 0 fully saturated rings. The molecule has 1 aromatic heterocycles. The number of hydrogen-bond donors (Lipinski definition) is 1. The lowest BCUT2D eigenvalue weighted by molar-refractivity contribution is -0.384. The molecule has 1 atom stereocenters. The van der Waals surface area contributed by atoms with Crippen LogP contribution in [0.1, 0.15) is 26.0 Å². The fourth-order valence-electron chi connectivity index (χ4n) is 1.91. The van der Waals surface area contributed by atoms with Crippen molar-refractivity contribution in [2.45, 2.75) is 27.2 Å². The van der Waals surface area contributed by atoms with Gasteiger partial charge in [-0.1, -0.05) is 6.92 Å². The number of nitrogens with zero attached hydrogens (tertiary/aromatic N) is 3. The molecular formula is C12H20N4O4. The van der Waals surface area contributed by atoms with E-state index in [0.29, 0.717) is 24.7 Å². The van der Waals surface area contributed by atoms with Gasteiger partial charge >= 0.3 is 11.7 Å². The number of nitrogens with one attached hydrogen (secondary N) is 1. The molecule has 0 saturated heterocycles. The van der Waals surface area contributed by atoms with Gasteiger partial charge in [-0.15, -0.1) is 0 Å². The minimum atomic E-state index is -0.458. The van der Waals surface area contributed by atoms with Crippen LogP contribution in [0, 0.1) is 23.0 Å². The highest BCUT2D eigenvalue weighted by atomic mass is 16.6. The number of rotatable bonds is 7. The van der Waals surface area contributed by atoms with Crippen molar-refractivity contribution >= 4 is 17.5 Å². The van der Waals surface area contributed by atoms with Crippen LogP contribution >= 0.6 is 0 Å². The second kappa shape index (κ2) is 6.88. The van der Waals surface area contributed by atoms with Crippen molar-refractivity contribution < 1.29 is 14.5 Å². The molecule has 0 aromatic carbocycles. The van der Waals surface area contributed by atoms with Gasteiger partial charge < -0.3 is 10.1 Å². The van der Waals surface area contributed by atoms with Gasteiger partial charge in [-0.3, -0.25) is 14.9 Å². The Labute approximate surface area is 117 Å². The molecule has 8 heteroatoms. The first-order valence-electron chi connectivity index (χ1n) is 6.44. The fraction of sp³-hybridized carbons (Fsp3) is 0.667. The predicted octanol–water partition coefficient (Wildman–Crippen LogP) is 1.64. The maximum Gasteiger partial charge on any atom is 0.333 e. The van der Waals surface area contributed by atoms with E-state index in [4.69, 9.17) is 4.74 Å². The minimum absolute atomic E-state index is 0.00357. The average molecular weight is 284 g/mol. The summed E-state index contributed by atoms with van der Waals surface area (Å²) in [5.74, 6) is 0.0876. The zero-order valence-electron chi connectivity index (χ0n) is 12.2. The summed E-state index contributed by atoms with van der Waals surface area (Å²) in [6.45, 7) is 6.00. The van der Waals surface area contributed by atoms with Gasteiger partial charge in [0.2, 0.25) is 5.82 Å². The molecule has 1 N–H and O–H groups in total. The molecular weight excluding hydrogens is 264 g/mol.